The van der Waals surface area contributed by atoms with Gasteiger partial charge in [-0.05, 0) is 11.6 Å². The van der Waals surface area contributed by atoms with Crippen LogP contribution in [-0.4, -0.2) is 55.9 Å². The number of carbonyl (C=O) groups excluding carboxylic acids is 1. The summed E-state index contributed by atoms with van der Waals surface area (Å²) in [6, 6.07) is 3.36. The Labute approximate surface area is 141 Å². The third-order valence-electron chi connectivity index (χ3n) is 3.37. The van der Waals surface area contributed by atoms with E-state index in [-0.39, 0.29) is 19.2 Å². The van der Waals surface area contributed by atoms with Crippen molar-refractivity contribution in [2.24, 2.45) is 0 Å². The van der Waals surface area contributed by atoms with Crippen LogP contribution >= 0.6 is 0 Å². The summed E-state index contributed by atoms with van der Waals surface area (Å²) in [5.74, 6) is 0. The van der Waals surface area contributed by atoms with Crippen LogP contribution in [0.1, 0.15) is 12.0 Å². The molecule has 0 saturated carbocycles. The summed E-state index contributed by atoms with van der Waals surface area (Å²) < 4.78 is 32.7. The van der Waals surface area contributed by atoms with E-state index in [0.29, 0.717) is 6.42 Å². The van der Waals surface area contributed by atoms with Gasteiger partial charge in [0.25, 0.3) is 10.1 Å². The summed E-state index contributed by atoms with van der Waals surface area (Å²) in [6.45, 7) is 3.73. The number of pyridine rings is 1. The van der Waals surface area contributed by atoms with E-state index in [4.69, 9.17) is 8.92 Å². The Balaban J connectivity index is 2.12. The molecule has 2 atom stereocenters. The van der Waals surface area contributed by atoms with Gasteiger partial charge in [0, 0.05) is 18.8 Å². The number of hydrogen-bond donors (Lipinski definition) is 0. The third kappa shape index (κ3) is 5.47. The Morgan fingerprint density at radius 3 is 2.96 bits per heavy atom. The van der Waals surface area contributed by atoms with E-state index in [1.54, 1.807) is 18.5 Å². The van der Waals surface area contributed by atoms with E-state index in [2.05, 4.69) is 11.6 Å². The molecule has 1 aliphatic rings. The van der Waals surface area contributed by atoms with Crippen molar-refractivity contribution >= 4 is 22.3 Å². The van der Waals surface area contributed by atoms with Gasteiger partial charge in [0.1, 0.15) is 6.61 Å². The van der Waals surface area contributed by atoms with Crippen LogP contribution in [0.3, 0.4) is 0 Å². The highest BCUT2D eigenvalue weighted by atomic mass is 32.2. The maximum absolute atomic E-state index is 12.1. The Bertz CT molecular complexity index is 702. The van der Waals surface area contributed by atoms with Crippen LogP contribution in [0.4, 0.5) is 4.79 Å². The van der Waals surface area contributed by atoms with E-state index in [9.17, 15) is 13.2 Å². The number of likely N-dealkylation sites (tertiary alicyclic amines) is 1. The zero-order chi connectivity index (χ0) is 17.6. The van der Waals surface area contributed by atoms with Gasteiger partial charge in [-0.1, -0.05) is 30.9 Å². The highest BCUT2D eigenvalue weighted by Crippen LogP contribution is 2.24. The second-order valence-electron chi connectivity index (χ2n) is 5.39. The molecule has 0 unspecified atom stereocenters. The second-order valence-corrected chi connectivity index (χ2v) is 6.99. The molecule has 1 aromatic rings. The van der Waals surface area contributed by atoms with Crippen LogP contribution in [0, 0.1) is 0 Å². The maximum atomic E-state index is 12.1. The van der Waals surface area contributed by atoms with Gasteiger partial charge < -0.3 is 4.74 Å². The molecule has 0 N–H and O–H groups in total. The Morgan fingerprint density at radius 1 is 1.54 bits per heavy atom. The molecule has 2 rings (SSSR count). The van der Waals surface area contributed by atoms with Crippen LogP contribution in [0.5, 0.6) is 0 Å². The lowest BCUT2D eigenvalue weighted by atomic mass is 10.1. The smallest absolute Gasteiger partial charge is 0.410 e. The van der Waals surface area contributed by atoms with E-state index in [1.165, 1.54) is 11.0 Å². The van der Waals surface area contributed by atoms with Gasteiger partial charge in [-0.2, -0.15) is 8.42 Å². The molecule has 0 aromatic carbocycles. The van der Waals surface area contributed by atoms with Crippen molar-refractivity contribution in [3.8, 4) is 0 Å². The van der Waals surface area contributed by atoms with Crippen molar-refractivity contribution in [2.75, 3.05) is 19.4 Å². The summed E-state index contributed by atoms with van der Waals surface area (Å²) in [5, 5.41) is 0. The van der Waals surface area contributed by atoms with Crippen molar-refractivity contribution in [2.45, 2.75) is 18.6 Å². The SMILES string of the molecule is C=CCOC(=O)N1C[C@H](OS(C)(=O)=O)C[C@H]1C=Cc1cccnc1. The average Bonchev–Trinajstić information content (AvgIpc) is 2.92. The van der Waals surface area contributed by atoms with Gasteiger partial charge in [0.05, 0.1) is 24.9 Å². The van der Waals surface area contributed by atoms with Crippen LogP contribution < -0.4 is 0 Å². The highest BCUT2D eigenvalue weighted by Gasteiger charge is 2.37. The number of carbonyl (C=O) groups is 1. The number of nitrogens with zero attached hydrogens (tertiary/aromatic N) is 2. The molecule has 1 amide bonds. The van der Waals surface area contributed by atoms with E-state index < -0.39 is 22.3 Å². The number of ether oxygens (including phenoxy) is 1. The highest BCUT2D eigenvalue weighted by molar-refractivity contribution is 7.86. The minimum absolute atomic E-state index is 0.0893. The molecule has 1 saturated heterocycles. The molecule has 1 aliphatic heterocycles. The standard InChI is InChI=1S/C16H20N2O5S/c1-3-9-22-16(19)18-12-15(23-24(2,20)21)10-14(18)7-6-13-5-4-8-17-11-13/h3-8,11,14-15H,1,9-10,12H2,2H3/t14-,15-/m1/s1. The van der Waals surface area contributed by atoms with Gasteiger partial charge in [-0.15, -0.1) is 0 Å². The molecular weight excluding hydrogens is 332 g/mol. The molecule has 1 aromatic heterocycles. The lowest BCUT2D eigenvalue weighted by Gasteiger charge is -2.20. The number of amides is 1. The van der Waals surface area contributed by atoms with E-state index in [0.717, 1.165) is 11.8 Å². The number of rotatable bonds is 6. The zero-order valence-corrected chi connectivity index (χ0v) is 14.2. The first-order valence-corrected chi connectivity index (χ1v) is 9.21. The van der Waals surface area contributed by atoms with Crippen molar-refractivity contribution in [1.82, 2.24) is 9.88 Å². The van der Waals surface area contributed by atoms with Crippen molar-refractivity contribution in [3.63, 3.8) is 0 Å². The summed E-state index contributed by atoms with van der Waals surface area (Å²) in [6.07, 6.45) is 8.71. The van der Waals surface area contributed by atoms with E-state index in [1.807, 2.05) is 18.2 Å². The van der Waals surface area contributed by atoms with Crippen LogP contribution in [0.2, 0.25) is 0 Å². The molecule has 1 fully saturated rings. The molecule has 0 bridgehead atoms. The zero-order valence-electron chi connectivity index (χ0n) is 13.4. The molecule has 130 valence electrons. The topological polar surface area (TPSA) is 85.8 Å². The van der Waals surface area contributed by atoms with Crippen LogP contribution in [0.15, 0.2) is 43.3 Å². The monoisotopic (exact) mass is 352 g/mol. The molecule has 24 heavy (non-hydrogen) atoms. The van der Waals surface area contributed by atoms with Crippen molar-refractivity contribution in [3.05, 3.63) is 48.8 Å². The van der Waals surface area contributed by atoms with Crippen LogP contribution in [-0.2, 0) is 19.0 Å². The first-order valence-electron chi connectivity index (χ1n) is 7.40. The number of hydrogen-bond acceptors (Lipinski definition) is 6. The molecular formula is C16H20N2O5S. The summed E-state index contributed by atoms with van der Waals surface area (Å²) in [4.78, 5) is 17.6. The minimum Gasteiger partial charge on any atom is -0.445 e. The Morgan fingerprint density at radius 2 is 2.33 bits per heavy atom. The van der Waals surface area contributed by atoms with Gasteiger partial charge in [-0.25, -0.2) is 4.79 Å². The van der Waals surface area contributed by atoms with E-state index >= 15 is 0 Å². The van der Waals surface area contributed by atoms with Gasteiger partial charge in [0.2, 0.25) is 0 Å². The molecule has 0 spiro atoms. The summed E-state index contributed by atoms with van der Waals surface area (Å²) >= 11 is 0. The number of aromatic nitrogens is 1. The van der Waals surface area contributed by atoms with Crippen molar-refractivity contribution in [1.29, 1.82) is 0 Å². The first-order chi connectivity index (χ1) is 11.4. The molecule has 2 heterocycles. The predicted molar refractivity (Wildman–Crippen MR) is 89.6 cm³/mol. The Hall–Kier alpha value is -2.19. The second kappa shape index (κ2) is 8.07. The molecule has 0 aliphatic carbocycles. The third-order valence-corrected chi connectivity index (χ3v) is 3.99. The normalized spacial score (nSPS) is 21.1. The van der Waals surface area contributed by atoms with Gasteiger partial charge >= 0.3 is 6.09 Å². The quantitative estimate of drug-likeness (QED) is 0.574. The first kappa shape index (κ1) is 18.2. The predicted octanol–water partition coefficient (Wildman–Crippen LogP) is 1.84. The fourth-order valence-corrected chi connectivity index (χ4v) is 3.08. The molecule has 0 radical (unpaired) electrons. The largest absolute Gasteiger partial charge is 0.445 e. The summed E-state index contributed by atoms with van der Waals surface area (Å²) in [5.41, 5.74) is 0.879. The lowest BCUT2D eigenvalue weighted by Crippen LogP contribution is -2.35. The summed E-state index contributed by atoms with van der Waals surface area (Å²) in [7, 11) is -3.59. The molecule has 8 heteroatoms. The van der Waals surface area contributed by atoms with Crippen LogP contribution in [0.25, 0.3) is 6.08 Å². The van der Waals surface area contributed by atoms with Gasteiger partial charge in [-0.3, -0.25) is 14.1 Å². The maximum Gasteiger partial charge on any atom is 0.410 e. The average molecular weight is 352 g/mol. The fraction of sp³-hybridized carbons (Fsp3) is 0.375. The minimum atomic E-state index is -3.59. The van der Waals surface area contributed by atoms with Crippen molar-refractivity contribution < 1.29 is 22.1 Å². The fourth-order valence-electron chi connectivity index (χ4n) is 2.45. The lowest BCUT2D eigenvalue weighted by molar-refractivity contribution is 0.109. The molecule has 7 nitrogen and oxygen atoms in total. The van der Waals surface area contributed by atoms with Gasteiger partial charge in [0.15, 0.2) is 0 Å². The Kier molecular flexibility index (Phi) is 6.10.